The lowest BCUT2D eigenvalue weighted by Gasteiger charge is -2.23. The molecule has 1 aromatic carbocycles. The van der Waals surface area contributed by atoms with Crippen LogP contribution >= 0.6 is 0 Å². The zero-order valence-electron chi connectivity index (χ0n) is 9.04. The second kappa shape index (κ2) is 3.97. The van der Waals surface area contributed by atoms with Crippen molar-refractivity contribution in [1.29, 1.82) is 0 Å². The summed E-state index contributed by atoms with van der Waals surface area (Å²) in [6.07, 6.45) is 1.79. The van der Waals surface area contributed by atoms with Crippen LogP contribution in [0.1, 0.15) is 37.5 Å². The summed E-state index contributed by atoms with van der Waals surface area (Å²) < 4.78 is 0. The van der Waals surface area contributed by atoms with Gasteiger partial charge in [-0.3, -0.25) is 0 Å². The lowest BCUT2D eigenvalue weighted by atomic mass is 9.82. The largest absolute Gasteiger partial charge is 0.385 e. The first kappa shape index (κ1) is 11.0. The fourth-order valence-electron chi connectivity index (χ4n) is 1.58. The van der Waals surface area contributed by atoms with Crippen LogP contribution in [-0.4, -0.2) is 5.11 Å². The standard InChI is InChI=1S/C13H17O/c1-5-11-10(9-14)7-6-8-12(11)13(2,3)4/h5-9,14H,1H2,2-4H3. The molecule has 14 heavy (non-hydrogen) atoms. The van der Waals surface area contributed by atoms with Crippen molar-refractivity contribution in [3.8, 4) is 0 Å². The highest BCUT2D eigenvalue weighted by atomic mass is 16.3. The summed E-state index contributed by atoms with van der Waals surface area (Å²) in [6, 6.07) is 5.91. The molecule has 0 fully saturated rings. The minimum absolute atomic E-state index is 0.0720. The summed E-state index contributed by atoms with van der Waals surface area (Å²) in [7, 11) is 0. The van der Waals surface area contributed by atoms with Crippen molar-refractivity contribution in [2.75, 3.05) is 0 Å². The Balaban J connectivity index is 3.37. The van der Waals surface area contributed by atoms with E-state index >= 15 is 0 Å². The Morgan fingerprint density at radius 2 is 1.93 bits per heavy atom. The number of aliphatic hydroxyl groups is 1. The molecule has 0 heterocycles. The van der Waals surface area contributed by atoms with E-state index in [0.717, 1.165) is 17.7 Å². The van der Waals surface area contributed by atoms with E-state index in [1.165, 1.54) is 5.56 Å². The third-order valence-electron chi connectivity index (χ3n) is 2.29. The van der Waals surface area contributed by atoms with E-state index in [9.17, 15) is 0 Å². The van der Waals surface area contributed by atoms with Gasteiger partial charge in [-0.25, -0.2) is 0 Å². The Morgan fingerprint density at radius 3 is 2.36 bits per heavy atom. The smallest absolute Gasteiger partial charge is 0.110 e. The molecule has 1 N–H and O–H groups in total. The normalized spacial score (nSPS) is 11.4. The van der Waals surface area contributed by atoms with Gasteiger partial charge in [-0.15, -0.1) is 0 Å². The highest BCUT2D eigenvalue weighted by Gasteiger charge is 2.17. The molecule has 0 saturated heterocycles. The first-order chi connectivity index (χ1) is 6.50. The molecule has 1 aromatic rings. The van der Waals surface area contributed by atoms with Crippen LogP contribution in [0.5, 0.6) is 0 Å². The number of aliphatic hydroxyl groups excluding tert-OH is 1. The molecule has 1 heteroatoms. The van der Waals surface area contributed by atoms with Gasteiger partial charge in [0.1, 0.15) is 6.61 Å². The van der Waals surface area contributed by atoms with Gasteiger partial charge in [-0.1, -0.05) is 51.6 Å². The summed E-state index contributed by atoms with van der Waals surface area (Å²) >= 11 is 0. The van der Waals surface area contributed by atoms with Crippen LogP contribution in [0.25, 0.3) is 6.08 Å². The summed E-state index contributed by atoms with van der Waals surface area (Å²) in [5.74, 6) is 0. The van der Waals surface area contributed by atoms with Gasteiger partial charge < -0.3 is 5.11 Å². The highest BCUT2D eigenvalue weighted by molar-refractivity contribution is 5.59. The van der Waals surface area contributed by atoms with Crippen molar-refractivity contribution < 1.29 is 5.11 Å². The number of hydrogen-bond donors (Lipinski definition) is 1. The van der Waals surface area contributed by atoms with Crippen LogP contribution in [0.4, 0.5) is 0 Å². The van der Waals surface area contributed by atoms with Gasteiger partial charge in [0.05, 0.1) is 0 Å². The molecular formula is C13H17O. The maximum Gasteiger partial charge on any atom is 0.110 e. The predicted octanol–water partition coefficient (Wildman–Crippen LogP) is 3.51. The van der Waals surface area contributed by atoms with E-state index in [4.69, 9.17) is 5.11 Å². The van der Waals surface area contributed by atoms with E-state index in [1.807, 2.05) is 12.1 Å². The molecule has 1 nitrogen and oxygen atoms in total. The summed E-state index contributed by atoms with van der Waals surface area (Å²) in [5.41, 5.74) is 3.12. The van der Waals surface area contributed by atoms with Crippen molar-refractivity contribution >= 4 is 6.08 Å². The quantitative estimate of drug-likeness (QED) is 0.754. The lowest BCUT2D eigenvalue weighted by molar-refractivity contribution is 0.414. The Kier molecular flexibility index (Phi) is 3.12. The maximum atomic E-state index is 9.07. The average molecular weight is 189 g/mol. The molecule has 75 valence electrons. The number of hydrogen-bond acceptors (Lipinski definition) is 1. The van der Waals surface area contributed by atoms with E-state index in [1.54, 1.807) is 6.08 Å². The number of rotatable bonds is 2. The molecule has 0 saturated carbocycles. The Morgan fingerprint density at radius 1 is 1.29 bits per heavy atom. The fourth-order valence-corrected chi connectivity index (χ4v) is 1.58. The molecule has 0 spiro atoms. The highest BCUT2D eigenvalue weighted by Crippen LogP contribution is 2.29. The first-order valence-electron chi connectivity index (χ1n) is 4.74. The van der Waals surface area contributed by atoms with Gasteiger partial charge in [0.2, 0.25) is 0 Å². The molecular weight excluding hydrogens is 172 g/mol. The third-order valence-corrected chi connectivity index (χ3v) is 2.29. The number of benzene rings is 1. The van der Waals surface area contributed by atoms with Gasteiger partial charge in [0, 0.05) is 0 Å². The van der Waals surface area contributed by atoms with Gasteiger partial charge in [-0.05, 0) is 22.1 Å². The molecule has 0 unspecified atom stereocenters. The van der Waals surface area contributed by atoms with Crippen molar-refractivity contribution in [1.82, 2.24) is 0 Å². The van der Waals surface area contributed by atoms with Crippen LogP contribution in [0.15, 0.2) is 24.8 Å². The minimum atomic E-state index is 0.0720. The van der Waals surface area contributed by atoms with Crippen molar-refractivity contribution in [3.63, 3.8) is 0 Å². The van der Waals surface area contributed by atoms with Crippen molar-refractivity contribution in [2.45, 2.75) is 26.2 Å². The van der Waals surface area contributed by atoms with Gasteiger partial charge in [-0.2, -0.15) is 0 Å². The molecule has 0 aliphatic rings. The predicted molar refractivity (Wildman–Crippen MR) is 60.6 cm³/mol. The molecule has 0 aromatic heterocycles. The Labute approximate surface area is 86.1 Å². The summed E-state index contributed by atoms with van der Waals surface area (Å²) in [5, 5.41) is 9.07. The SMILES string of the molecule is C=Cc1c([CH]O)cccc1C(C)(C)C. The van der Waals surface area contributed by atoms with Crippen LogP contribution in [0.2, 0.25) is 0 Å². The van der Waals surface area contributed by atoms with Gasteiger partial charge >= 0.3 is 0 Å². The Hall–Kier alpha value is -1.08. The molecule has 1 radical (unpaired) electrons. The zero-order chi connectivity index (χ0) is 10.8. The first-order valence-corrected chi connectivity index (χ1v) is 4.74. The van der Waals surface area contributed by atoms with E-state index < -0.39 is 0 Å². The monoisotopic (exact) mass is 189 g/mol. The maximum absolute atomic E-state index is 9.07. The molecule has 0 amide bonds. The summed E-state index contributed by atoms with van der Waals surface area (Å²) in [4.78, 5) is 0. The van der Waals surface area contributed by atoms with E-state index in [-0.39, 0.29) is 5.41 Å². The lowest BCUT2D eigenvalue weighted by Crippen LogP contribution is -2.13. The summed E-state index contributed by atoms with van der Waals surface area (Å²) in [6.45, 7) is 11.4. The molecule has 0 atom stereocenters. The second-order valence-corrected chi connectivity index (χ2v) is 4.39. The molecule has 1 rings (SSSR count). The molecule has 0 bridgehead atoms. The van der Waals surface area contributed by atoms with E-state index in [2.05, 4.69) is 33.4 Å². The fraction of sp³-hybridized carbons (Fsp3) is 0.308. The topological polar surface area (TPSA) is 20.2 Å². The second-order valence-electron chi connectivity index (χ2n) is 4.39. The zero-order valence-corrected chi connectivity index (χ0v) is 9.04. The molecule has 0 aliphatic heterocycles. The van der Waals surface area contributed by atoms with Crippen molar-refractivity contribution in [2.24, 2.45) is 0 Å². The van der Waals surface area contributed by atoms with Crippen LogP contribution < -0.4 is 0 Å². The minimum Gasteiger partial charge on any atom is -0.385 e. The van der Waals surface area contributed by atoms with E-state index in [0.29, 0.717) is 0 Å². The third kappa shape index (κ3) is 2.05. The average Bonchev–Trinajstić information content (AvgIpc) is 2.15. The Bertz CT molecular complexity index is 332. The van der Waals surface area contributed by atoms with Crippen LogP contribution in [-0.2, 0) is 5.41 Å². The van der Waals surface area contributed by atoms with Crippen LogP contribution in [0.3, 0.4) is 0 Å². The molecule has 0 aliphatic carbocycles. The van der Waals surface area contributed by atoms with Gasteiger partial charge in [0.25, 0.3) is 0 Å². The van der Waals surface area contributed by atoms with Gasteiger partial charge in [0.15, 0.2) is 0 Å². The van der Waals surface area contributed by atoms with Crippen LogP contribution in [0, 0.1) is 6.61 Å². The van der Waals surface area contributed by atoms with Crippen molar-refractivity contribution in [3.05, 3.63) is 48.1 Å².